The molecule has 0 aliphatic carbocycles. The minimum Gasteiger partial charge on any atom is -0.493 e. The summed E-state index contributed by atoms with van der Waals surface area (Å²) in [6, 6.07) is 14.9. The Hall–Kier alpha value is -2.78. The van der Waals surface area contributed by atoms with Crippen LogP contribution in [0, 0.1) is 11.3 Å². The third-order valence-electron chi connectivity index (χ3n) is 3.99. The molecular weight excluding hydrogens is 344 g/mol. The number of carbonyl (C=O) groups excluding carboxylic acids is 1. The molecule has 5 nitrogen and oxygen atoms in total. The van der Waals surface area contributed by atoms with E-state index in [2.05, 4.69) is 25.7 Å². The van der Waals surface area contributed by atoms with Crippen molar-refractivity contribution < 1.29 is 14.3 Å². The van der Waals surface area contributed by atoms with E-state index in [-0.39, 0.29) is 12.3 Å². The maximum absolute atomic E-state index is 13.3. The second-order valence-corrected chi connectivity index (χ2v) is 11.6. The maximum atomic E-state index is 13.3. The SMILES string of the molecule is COc1cc(CC#N)c(N(C(=O)c2ccccc2)[Si](C)(C)C)cc1OC. The summed E-state index contributed by atoms with van der Waals surface area (Å²) in [5, 5.41) is 9.26. The number of ether oxygens (including phenoxy) is 2. The predicted molar refractivity (Wildman–Crippen MR) is 105 cm³/mol. The third kappa shape index (κ3) is 4.06. The van der Waals surface area contributed by atoms with Gasteiger partial charge in [0, 0.05) is 17.3 Å². The number of nitriles is 1. The summed E-state index contributed by atoms with van der Waals surface area (Å²) in [5.41, 5.74) is 2.07. The predicted octanol–water partition coefficient (Wildman–Crippen LogP) is 4.25. The zero-order valence-corrected chi connectivity index (χ0v) is 16.9. The lowest BCUT2D eigenvalue weighted by Gasteiger charge is -2.36. The highest BCUT2D eigenvalue weighted by Gasteiger charge is 2.33. The van der Waals surface area contributed by atoms with E-state index < -0.39 is 8.24 Å². The molecule has 2 aromatic carbocycles. The van der Waals surface area contributed by atoms with E-state index in [9.17, 15) is 10.1 Å². The largest absolute Gasteiger partial charge is 0.493 e. The van der Waals surface area contributed by atoms with Gasteiger partial charge >= 0.3 is 0 Å². The van der Waals surface area contributed by atoms with E-state index in [0.29, 0.717) is 22.7 Å². The van der Waals surface area contributed by atoms with Crippen molar-refractivity contribution in [3.63, 3.8) is 0 Å². The number of carbonyl (C=O) groups is 1. The van der Waals surface area contributed by atoms with Crippen LogP contribution >= 0.6 is 0 Å². The fourth-order valence-electron chi connectivity index (χ4n) is 2.83. The van der Waals surface area contributed by atoms with E-state index in [4.69, 9.17) is 9.47 Å². The lowest BCUT2D eigenvalue weighted by molar-refractivity contribution is 0.100. The molecule has 0 N–H and O–H groups in total. The first-order valence-electron chi connectivity index (χ1n) is 8.35. The number of methoxy groups -OCH3 is 2. The minimum absolute atomic E-state index is 0.0730. The van der Waals surface area contributed by atoms with Gasteiger partial charge < -0.3 is 14.0 Å². The molecule has 6 heteroatoms. The first kappa shape index (κ1) is 19.5. The molecule has 2 aromatic rings. The molecule has 0 radical (unpaired) electrons. The molecule has 2 rings (SSSR count). The molecule has 136 valence electrons. The Labute approximate surface area is 155 Å². The van der Waals surface area contributed by atoms with Crippen LogP contribution in [0.2, 0.25) is 19.6 Å². The lowest BCUT2D eigenvalue weighted by Crippen LogP contribution is -2.50. The molecule has 0 spiro atoms. The van der Waals surface area contributed by atoms with Crippen molar-refractivity contribution in [3.05, 3.63) is 53.6 Å². The van der Waals surface area contributed by atoms with Crippen LogP contribution in [0.15, 0.2) is 42.5 Å². The Balaban J connectivity index is 2.68. The summed E-state index contributed by atoms with van der Waals surface area (Å²) in [6.07, 6.45) is 0.179. The Bertz CT molecular complexity index is 823. The van der Waals surface area contributed by atoms with Crippen LogP contribution in [0.3, 0.4) is 0 Å². The van der Waals surface area contributed by atoms with Gasteiger partial charge in [0.15, 0.2) is 19.7 Å². The van der Waals surface area contributed by atoms with Crippen LogP contribution < -0.4 is 14.0 Å². The Kier molecular flexibility index (Phi) is 6.06. The van der Waals surface area contributed by atoms with Gasteiger partial charge in [0.2, 0.25) is 5.91 Å². The Morgan fingerprint density at radius 3 is 2.15 bits per heavy atom. The Morgan fingerprint density at radius 1 is 1.08 bits per heavy atom. The summed E-state index contributed by atoms with van der Waals surface area (Å²) in [4.78, 5) is 13.3. The summed E-state index contributed by atoms with van der Waals surface area (Å²) in [5.74, 6) is 1.01. The summed E-state index contributed by atoms with van der Waals surface area (Å²) < 4.78 is 12.6. The van der Waals surface area contributed by atoms with Crippen LogP contribution in [0.1, 0.15) is 15.9 Å². The zero-order chi connectivity index (χ0) is 19.3. The first-order valence-corrected chi connectivity index (χ1v) is 11.8. The molecule has 0 aromatic heterocycles. The molecule has 0 atom stereocenters. The number of nitrogens with zero attached hydrogens (tertiary/aromatic N) is 2. The molecule has 0 aliphatic heterocycles. The van der Waals surface area contributed by atoms with Crippen molar-refractivity contribution in [1.29, 1.82) is 5.26 Å². The van der Waals surface area contributed by atoms with Crippen LogP contribution in [0.25, 0.3) is 0 Å². The van der Waals surface area contributed by atoms with Gasteiger partial charge in [0.25, 0.3) is 0 Å². The third-order valence-corrected chi connectivity index (χ3v) is 5.78. The fraction of sp³-hybridized carbons (Fsp3) is 0.300. The van der Waals surface area contributed by atoms with Gasteiger partial charge in [-0.3, -0.25) is 4.79 Å². The van der Waals surface area contributed by atoms with Gasteiger partial charge in [0.05, 0.1) is 26.7 Å². The summed E-state index contributed by atoms with van der Waals surface area (Å²) in [7, 11) is 0.995. The quantitative estimate of drug-likeness (QED) is 0.715. The monoisotopic (exact) mass is 368 g/mol. The second kappa shape index (κ2) is 8.06. The topological polar surface area (TPSA) is 62.6 Å². The molecule has 1 amide bonds. The number of anilines is 1. The van der Waals surface area contributed by atoms with Crippen molar-refractivity contribution in [3.8, 4) is 17.6 Å². The normalized spacial score (nSPS) is 10.8. The van der Waals surface area contributed by atoms with Gasteiger partial charge in [0.1, 0.15) is 0 Å². The molecule has 0 unspecified atom stereocenters. The highest BCUT2D eigenvalue weighted by Crippen LogP contribution is 2.38. The highest BCUT2D eigenvalue weighted by atomic mass is 28.3. The van der Waals surface area contributed by atoms with Crippen molar-refractivity contribution >= 4 is 19.8 Å². The van der Waals surface area contributed by atoms with Crippen LogP contribution in [0.4, 0.5) is 5.69 Å². The smallest absolute Gasteiger partial charge is 0.250 e. The van der Waals surface area contributed by atoms with Crippen LogP contribution in [-0.2, 0) is 6.42 Å². The number of benzene rings is 2. The highest BCUT2D eigenvalue weighted by molar-refractivity contribution is 6.83. The molecule has 26 heavy (non-hydrogen) atoms. The van der Waals surface area contributed by atoms with Gasteiger partial charge in [-0.2, -0.15) is 5.26 Å². The molecule has 0 heterocycles. The standard InChI is InChI=1S/C20H24N2O3Si/c1-24-18-13-16(11-12-21)17(14-19(18)25-2)22(26(3,4)5)20(23)15-9-7-6-8-10-15/h6-10,13-14H,11H2,1-5H3. The number of hydrogen-bond acceptors (Lipinski definition) is 4. The minimum atomic E-state index is -2.12. The van der Waals surface area contributed by atoms with Gasteiger partial charge in [-0.05, 0) is 23.8 Å². The van der Waals surface area contributed by atoms with E-state index in [1.165, 1.54) is 0 Å². The van der Waals surface area contributed by atoms with Crippen molar-refractivity contribution in [2.24, 2.45) is 0 Å². The van der Waals surface area contributed by atoms with Gasteiger partial charge in [-0.1, -0.05) is 37.8 Å². The average Bonchev–Trinajstić information content (AvgIpc) is 2.62. The molecule has 0 saturated heterocycles. The molecule has 0 bridgehead atoms. The van der Waals surface area contributed by atoms with E-state index >= 15 is 0 Å². The first-order chi connectivity index (χ1) is 12.3. The average molecular weight is 369 g/mol. The van der Waals surface area contributed by atoms with Crippen LogP contribution in [-0.4, -0.2) is 28.4 Å². The van der Waals surface area contributed by atoms with E-state index in [0.717, 1.165) is 5.56 Å². The Morgan fingerprint density at radius 2 is 1.65 bits per heavy atom. The summed E-state index contributed by atoms with van der Waals surface area (Å²) in [6.45, 7) is 6.29. The van der Waals surface area contributed by atoms with E-state index in [1.54, 1.807) is 38.5 Å². The van der Waals surface area contributed by atoms with Crippen molar-refractivity contribution in [1.82, 2.24) is 0 Å². The van der Waals surface area contributed by atoms with Crippen molar-refractivity contribution in [2.75, 3.05) is 18.8 Å². The molecule has 0 aliphatic rings. The summed E-state index contributed by atoms with van der Waals surface area (Å²) >= 11 is 0. The number of amides is 1. The van der Waals surface area contributed by atoms with Gasteiger partial charge in [-0.15, -0.1) is 0 Å². The number of hydrogen-bond donors (Lipinski definition) is 0. The number of rotatable bonds is 6. The molecule has 0 saturated carbocycles. The fourth-order valence-corrected chi connectivity index (χ4v) is 4.50. The lowest BCUT2D eigenvalue weighted by atomic mass is 10.1. The van der Waals surface area contributed by atoms with Crippen molar-refractivity contribution in [2.45, 2.75) is 26.1 Å². The molecular formula is C20H24N2O3Si. The van der Waals surface area contributed by atoms with Gasteiger partial charge in [-0.25, -0.2) is 0 Å². The van der Waals surface area contributed by atoms with Crippen LogP contribution in [0.5, 0.6) is 11.5 Å². The zero-order valence-electron chi connectivity index (χ0n) is 15.9. The second-order valence-electron chi connectivity index (χ2n) is 6.85. The van der Waals surface area contributed by atoms with E-state index in [1.807, 2.05) is 22.8 Å². The maximum Gasteiger partial charge on any atom is 0.250 e. The molecule has 0 fully saturated rings.